The van der Waals surface area contributed by atoms with E-state index in [1.165, 1.54) is 0 Å². The molecule has 1 aliphatic rings. The molecule has 9 heteroatoms. The fraction of sp³-hybridized carbons (Fsp3) is 0.389. The van der Waals surface area contributed by atoms with Crippen molar-refractivity contribution in [3.8, 4) is 6.07 Å². The highest BCUT2D eigenvalue weighted by Gasteiger charge is 2.26. The lowest BCUT2D eigenvalue weighted by Crippen LogP contribution is -2.32. The molecule has 1 aliphatic carbocycles. The number of benzene rings is 1. The third-order valence-corrected chi connectivity index (χ3v) is 5.99. The van der Waals surface area contributed by atoms with Crippen LogP contribution in [0, 0.1) is 23.1 Å². The lowest BCUT2D eigenvalue weighted by Gasteiger charge is -2.28. The Morgan fingerprint density at radius 1 is 1.37 bits per heavy atom. The smallest absolute Gasteiger partial charge is 0.229 e. The van der Waals surface area contributed by atoms with Gasteiger partial charge in [-0.15, -0.1) is 0 Å². The maximum Gasteiger partial charge on any atom is 0.229 e. The average molecular weight is 455 g/mol. The van der Waals surface area contributed by atoms with E-state index in [-0.39, 0.29) is 30.3 Å². The minimum atomic E-state index is -0.576. The van der Waals surface area contributed by atoms with Gasteiger partial charge in [0.25, 0.3) is 0 Å². The standard InChI is InChI=1S/C18H18BrClFN5O/c19-16-11(9-27)5-12(6-13(16)20)24-18-23-8-14(21)17(26-18)25-15-4-2-1-3-10(15)7-22/h5-6,8,10,15,27H,1-4,9H2,(H2,23,24,25,26)/t10-,15?/m1/s1. The van der Waals surface area contributed by atoms with Gasteiger partial charge < -0.3 is 15.7 Å². The van der Waals surface area contributed by atoms with E-state index < -0.39 is 5.82 Å². The molecule has 27 heavy (non-hydrogen) atoms. The fourth-order valence-electron chi connectivity index (χ4n) is 3.12. The quantitative estimate of drug-likeness (QED) is 0.603. The largest absolute Gasteiger partial charge is 0.392 e. The zero-order valence-corrected chi connectivity index (χ0v) is 16.7. The minimum Gasteiger partial charge on any atom is -0.392 e. The molecule has 3 N–H and O–H groups in total. The van der Waals surface area contributed by atoms with E-state index in [0.717, 1.165) is 31.9 Å². The Morgan fingerprint density at radius 2 is 2.15 bits per heavy atom. The third-order valence-electron chi connectivity index (χ3n) is 4.53. The summed E-state index contributed by atoms with van der Waals surface area (Å²) in [5.74, 6) is -0.495. The number of nitrogens with zero attached hydrogens (tertiary/aromatic N) is 3. The fourth-order valence-corrected chi connectivity index (χ4v) is 3.72. The highest BCUT2D eigenvalue weighted by atomic mass is 79.9. The molecular weight excluding hydrogens is 437 g/mol. The second kappa shape index (κ2) is 8.83. The van der Waals surface area contributed by atoms with Gasteiger partial charge in [-0.25, -0.2) is 9.37 Å². The van der Waals surface area contributed by atoms with Crippen LogP contribution in [0.15, 0.2) is 22.8 Å². The molecular formula is C18H18BrClFN5O. The van der Waals surface area contributed by atoms with Gasteiger partial charge >= 0.3 is 0 Å². The van der Waals surface area contributed by atoms with Crippen molar-refractivity contribution in [2.75, 3.05) is 10.6 Å². The van der Waals surface area contributed by atoms with Crippen LogP contribution < -0.4 is 10.6 Å². The van der Waals surface area contributed by atoms with Gasteiger partial charge in [-0.2, -0.15) is 10.2 Å². The van der Waals surface area contributed by atoms with Crippen LogP contribution in [0.1, 0.15) is 31.2 Å². The highest BCUT2D eigenvalue weighted by Crippen LogP contribution is 2.32. The number of halogens is 3. The van der Waals surface area contributed by atoms with Gasteiger partial charge in [0.15, 0.2) is 11.6 Å². The topological polar surface area (TPSA) is 93.9 Å². The Morgan fingerprint density at radius 3 is 2.89 bits per heavy atom. The number of aromatic nitrogens is 2. The summed E-state index contributed by atoms with van der Waals surface area (Å²) >= 11 is 9.45. The van der Waals surface area contributed by atoms with Crippen LogP contribution in [-0.2, 0) is 6.61 Å². The molecule has 1 fully saturated rings. The van der Waals surface area contributed by atoms with Crippen molar-refractivity contribution in [1.82, 2.24) is 9.97 Å². The average Bonchev–Trinajstić information content (AvgIpc) is 2.67. The number of aliphatic hydroxyl groups is 1. The Bertz CT molecular complexity index is 876. The van der Waals surface area contributed by atoms with Crippen molar-refractivity contribution >= 4 is 45.0 Å². The van der Waals surface area contributed by atoms with E-state index in [0.29, 0.717) is 20.7 Å². The minimum absolute atomic E-state index is 0.0604. The van der Waals surface area contributed by atoms with Crippen LogP contribution in [0.4, 0.5) is 21.8 Å². The first-order chi connectivity index (χ1) is 13.0. The van der Waals surface area contributed by atoms with Crippen molar-refractivity contribution in [3.63, 3.8) is 0 Å². The number of nitriles is 1. The normalized spacial score (nSPS) is 19.4. The van der Waals surface area contributed by atoms with Crippen molar-refractivity contribution in [1.29, 1.82) is 5.26 Å². The summed E-state index contributed by atoms with van der Waals surface area (Å²) < 4.78 is 14.8. The summed E-state index contributed by atoms with van der Waals surface area (Å²) in [6, 6.07) is 5.50. The first-order valence-corrected chi connectivity index (χ1v) is 9.73. The molecule has 0 saturated heterocycles. The summed E-state index contributed by atoms with van der Waals surface area (Å²) in [5.41, 5.74) is 1.17. The van der Waals surface area contributed by atoms with E-state index in [4.69, 9.17) is 11.6 Å². The molecule has 3 rings (SSSR count). The molecule has 6 nitrogen and oxygen atoms in total. The van der Waals surface area contributed by atoms with E-state index in [1.54, 1.807) is 12.1 Å². The molecule has 1 aromatic heterocycles. The molecule has 0 bridgehead atoms. The number of aliphatic hydroxyl groups excluding tert-OH is 1. The summed E-state index contributed by atoms with van der Waals surface area (Å²) in [7, 11) is 0. The molecule has 2 aromatic rings. The second-order valence-electron chi connectivity index (χ2n) is 6.38. The van der Waals surface area contributed by atoms with Crippen LogP contribution in [0.5, 0.6) is 0 Å². The van der Waals surface area contributed by atoms with Gasteiger partial charge in [0.05, 0.1) is 29.8 Å². The maximum atomic E-state index is 14.2. The second-order valence-corrected chi connectivity index (χ2v) is 7.58. The van der Waals surface area contributed by atoms with Gasteiger partial charge in [0, 0.05) is 16.2 Å². The Labute approximate surface area is 169 Å². The summed E-state index contributed by atoms with van der Waals surface area (Å²) in [6.07, 6.45) is 4.68. The van der Waals surface area contributed by atoms with Crippen LogP contribution in [0.25, 0.3) is 0 Å². The molecule has 1 heterocycles. The van der Waals surface area contributed by atoms with Gasteiger partial charge in [-0.3, -0.25) is 0 Å². The molecule has 0 spiro atoms. The number of rotatable bonds is 5. The van der Waals surface area contributed by atoms with Crippen LogP contribution in [-0.4, -0.2) is 21.1 Å². The van der Waals surface area contributed by atoms with Crippen LogP contribution >= 0.6 is 27.5 Å². The zero-order valence-electron chi connectivity index (χ0n) is 14.3. The molecule has 1 saturated carbocycles. The van der Waals surface area contributed by atoms with Gasteiger partial charge in [0.2, 0.25) is 5.95 Å². The third kappa shape index (κ3) is 4.67. The van der Waals surface area contributed by atoms with E-state index >= 15 is 0 Å². The maximum absolute atomic E-state index is 14.2. The van der Waals surface area contributed by atoms with Crippen molar-refractivity contribution < 1.29 is 9.50 Å². The zero-order chi connectivity index (χ0) is 19.4. The molecule has 0 amide bonds. The number of hydrogen-bond donors (Lipinski definition) is 3. The van der Waals surface area contributed by atoms with E-state index in [9.17, 15) is 14.8 Å². The van der Waals surface area contributed by atoms with Crippen LogP contribution in [0.3, 0.4) is 0 Å². The van der Waals surface area contributed by atoms with E-state index in [2.05, 4.69) is 42.6 Å². The van der Waals surface area contributed by atoms with Gasteiger partial charge in [-0.1, -0.05) is 24.4 Å². The molecule has 0 aliphatic heterocycles. The molecule has 2 atom stereocenters. The van der Waals surface area contributed by atoms with E-state index in [1.807, 2.05) is 0 Å². The van der Waals surface area contributed by atoms with Gasteiger partial charge in [0.1, 0.15) is 0 Å². The monoisotopic (exact) mass is 453 g/mol. The SMILES string of the molecule is N#C[C@H]1CCCCC1Nc1nc(Nc2cc(Cl)c(Br)c(CO)c2)ncc1F. The highest BCUT2D eigenvalue weighted by molar-refractivity contribution is 9.10. The summed E-state index contributed by atoms with van der Waals surface area (Å²) in [4.78, 5) is 8.16. The molecule has 0 radical (unpaired) electrons. The predicted octanol–water partition coefficient (Wildman–Crippen LogP) is 4.76. The molecule has 1 unspecified atom stereocenters. The first-order valence-electron chi connectivity index (χ1n) is 8.56. The predicted molar refractivity (Wildman–Crippen MR) is 105 cm³/mol. The molecule has 1 aromatic carbocycles. The van der Waals surface area contributed by atoms with Crippen molar-refractivity contribution in [3.05, 3.63) is 39.2 Å². The van der Waals surface area contributed by atoms with Gasteiger partial charge in [-0.05, 0) is 46.5 Å². The van der Waals surface area contributed by atoms with Crippen LogP contribution in [0.2, 0.25) is 5.02 Å². The lowest BCUT2D eigenvalue weighted by molar-refractivity contribution is 0.281. The molecule has 142 valence electrons. The Balaban J connectivity index is 1.81. The Hall–Kier alpha value is -1.95. The van der Waals surface area contributed by atoms with Crippen molar-refractivity contribution in [2.45, 2.75) is 38.3 Å². The summed E-state index contributed by atoms with van der Waals surface area (Å²) in [6.45, 7) is -0.190. The first kappa shape index (κ1) is 19.8. The Kier molecular flexibility index (Phi) is 6.47. The summed E-state index contributed by atoms with van der Waals surface area (Å²) in [5, 5.41) is 25.1. The number of hydrogen-bond acceptors (Lipinski definition) is 6. The van der Waals surface area contributed by atoms with Crippen molar-refractivity contribution in [2.24, 2.45) is 5.92 Å². The number of nitrogens with one attached hydrogen (secondary N) is 2. The lowest BCUT2D eigenvalue weighted by atomic mass is 9.85. The number of anilines is 3.